The van der Waals surface area contributed by atoms with Gasteiger partial charge in [0.25, 0.3) is 0 Å². The fraction of sp³-hybridized carbons (Fsp3) is 0.500. The van der Waals surface area contributed by atoms with Crippen molar-refractivity contribution in [2.45, 2.75) is 38.2 Å². The Morgan fingerprint density at radius 2 is 2.16 bits per heavy atom. The van der Waals surface area contributed by atoms with Gasteiger partial charge in [0.05, 0.1) is 24.2 Å². The molecular formula is C22H25F2N3O3S. The first-order valence-electron chi connectivity index (χ1n) is 10.3. The van der Waals surface area contributed by atoms with E-state index >= 15 is 0 Å². The molecule has 1 aromatic carbocycles. The lowest BCUT2D eigenvalue weighted by Gasteiger charge is -2.37. The third-order valence-corrected chi connectivity index (χ3v) is 6.89. The zero-order chi connectivity index (χ0) is 22.2. The predicted molar refractivity (Wildman–Crippen MR) is 112 cm³/mol. The largest absolute Gasteiger partial charge is 0.497 e. The van der Waals surface area contributed by atoms with Gasteiger partial charge in [-0.05, 0) is 17.7 Å². The molecule has 2 aromatic rings. The second kappa shape index (κ2) is 8.53. The molecule has 4 rings (SSSR count). The van der Waals surface area contributed by atoms with Crippen LogP contribution in [0.15, 0.2) is 29.8 Å². The number of ether oxygens (including phenoxy) is 1. The molecule has 0 radical (unpaired) electrons. The van der Waals surface area contributed by atoms with Gasteiger partial charge in [-0.25, -0.2) is 13.8 Å². The van der Waals surface area contributed by atoms with Crippen molar-refractivity contribution < 1.29 is 23.1 Å². The van der Waals surface area contributed by atoms with Crippen molar-refractivity contribution in [3.63, 3.8) is 0 Å². The van der Waals surface area contributed by atoms with E-state index in [0.717, 1.165) is 22.6 Å². The maximum Gasteiger partial charge on any atom is 0.249 e. The number of aromatic nitrogens is 1. The number of hydrogen-bond donors (Lipinski definition) is 1. The number of methoxy groups -OCH3 is 1. The third kappa shape index (κ3) is 4.42. The molecule has 31 heavy (non-hydrogen) atoms. The summed E-state index contributed by atoms with van der Waals surface area (Å²) in [6, 6.07) is 7.26. The number of thiazole rings is 1. The van der Waals surface area contributed by atoms with Crippen LogP contribution in [-0.4, -0.2) is 47.8 Å². The Balaban J connectivity index is 1.48. The molecule has 166 valence electrons. The van der Waals surface area contributed by atoms with Crippen LogP contribution in [0.3, 0.4) is 0 Å². The van der Waals surface area contributed by atoms with Crippen LogP contribution in [0.4, 0.5) is 8.78 Å². The molecule has 1 aliphatic heterocycles. The number of carbonyl (C=O) groups is 2. The summed E-state index contributed by atoms with van der Waals surface area (Å²) in [5.41, 5.74) is 3.57. The minimum absolute atomic E-state index is 0.106. The molecule has 1 N–H and O–H groups in total. The van der Waals surface area contributed by atoms with Gasteiger partial charge in [0.2, 0.25) is 17.7 Å². The summed E-state index contributed by atoms with van der Waals surface area (Å²) in [4.78, 5) is 32.9. The second-order valence-corrected chi connectivity index (χ2v) is 9.17. The molecule has 2 unspecified atom stereocenters. The molecule has 0 spiro atoms. The van der Waals surface area contributed by atoms with Gasteiger partial charge in [-0.15, -0.1) is 11.3 Å². The van der Waals surface area contributed by atoms with Gasteiger partial charge >= 0.3 is 0 Å². The Kier molecular flexibility index (Phi) is 5.96. The van der Waals surface area contributed by atoms with Crippen LogP contribution in [0.1, 0.15) is 41.9 Å². The van der Waals surface area contributed by atoms with Crippen LogP contribution in [0.2, 0.25) is 0 Å². The van der Waals surface area contributed by atoms with E-state index in [2.05, 4.69) is 10.3 Å². The number of rotatable bonds is 6. The molecule has 6 nitrogen and oxygen atoms in total. The number of fused-ring (bicyclic) bond motifs is 1. The van der Waals surface area contributed by atoms with Gasteiger partial charge in [0.15, 0.2) is 0 Å². The van der Waals surface area contributed by atoms with E-state index in [1.165, 1.54) is 0 Å². The highest BCUT2D eigenvalue weighted by Crippen LogP contribution is 2.42. The molecule has 1 aliphatic carbocycles. The quantitative estimate of drug-likeness (QED) is 0.734. The molecule has 2 heterocycles. The Morgan fingerprint density at radius 3 is 2.87 bits per heavy atom. The van der Waals surface area contributed by atoms with Crippen LogP contribution in [0, 0.1) is 11.8 Å². The third-order valence-electron chi connectivity index (χ3n) is 5.98. The first-order chi connectivity index (χ1) is 14.8. The topological polar surface area (TPSA) is 71.5 Å². The molecule has 0 saturated heterocycles. The average Bonchev–Trinajstić information content (AvgIpc) is 3.23. The van der Waals surface area contributed by atoms with Crippen molar-refractivity contribution in [3.05, 3.63) is 45.9 Å². The van der Waals surface area contributed by atoms with E-state index in [1.54, 1.807) is 35.8 Å². The lowest BCUT2D eigenvalue weighted by atomic mass is 9.80. The van der Waals surface area contributed by atoms with E-state index in [1.807, 2.05) is 24.3 Å². The van der Waals surface area contributed by atoms with Crippen molar-refractivity contribution in [1.82, 2.24) is 15.2 Å². The van der Waals surface area contributed by atoms with Gasteiger partial charge < -0.3 is 15.0 Å². The highest BCUT2D eigenvalue weighted by Gasteiger charge is 2.48. The molecule has 0 bridgehead atoms. The predicted octanol–water partition coefficient (Wildman–Crippen LogP) is 3.42. The van der Waals surface area contributed by atoms with Crippen molar-refractivity contribution >= 4 is 23.2 Å². The number of benzene rings is 1. The zero-order valence-electron chi connectivity index (χ0n) is 17.4. The van der Waals surface area contributed by atoms with E-state index in [4.69, 9.17) is 4.74 Å². The van der Waals surface area contributed by atoms with Gasteiger partial charge in [-0.3, -0.25) is 9.59 Å². The number of halogens is 2. The van der Waals surface area contributed by atoms with Gasteiger partial charge in [0, 0.05) is 43.1 Å². The first kappa shape index (κ1) is 21.7. The molecular weight excluding hydrogens is 424 g/mol. The van der Waals surface area contributed by atoms with Crippen LogP contribution >= 0.6 is 11.3 Å². The SMILES string of the molecule is COc1cccc(C2c3ncsc3CCN2C(=O)C(C)CNC(=O)C2CC(F)(F)C2)c1. The smallest absolute Gasteiger partial charge is 0.249 e. The Hall–Kier alpha value is -2.55. The Morgan fingerprint density at radius 1 is 1.39 bits per heavy atom. The standard InChI is InChI=1S/C22H25F2N3O3S/c1-13(11-25-20(28)15-9-22(23,24)10-15)21(29)27-7-6-17-18(26-12-31-17)19(27)14-4-3-5-16(8-14)30-2/h3-5,8,12-13,15,19H,6-7,9-11H2,1-2H3,(H,25,28). The highest BCUT2D eigenvalue weighted by molar-refractivity contribution is 7.09. The van der Waals surface area contributed by atoms with Crippen LogP contribution in [0.5, 0.6) is 5.75 Å². The summed E-state index contributed by atoms with van der Waals surface area (Å²) in [6.45, 7) is 2.41. The minimum Gasteiger partial charge on any atom is -0.497 e. The highest BCUT2D eigenvalue weighted by atomic mass is 32.1. The van der Waals surface area contributed by atoms with Gasteiger partial charge in [-0.1, -0.05) is 19.1 Å². The van der Waals surface area contributed by atoms with Crippen LogP contribution < -0.4 is 10.1 Å². The maximum atomic E-state index is 13.3. The Labute approximate surface area is 183 Å². The fourth-order valence-electron chi connectivity index (χ4n) is 4.19. The van der Waals surface area contributed by atoms with E-state index in [9.17, 15) is 18.4 Å². The summed E-state index contributed by atoms with van der Waals surface area (Å²) in [5, 5.41) is 2.68. The molecule has 2 aliphatic rings. The molecule has 1 aromatic heterocycles. The van der Waals surface area contributed by atoms with Gasteiger partial charge in [-0.2, -0.15) is 0 Å². The second-order valence-electron chi connectivity index (χ2n) is 8.23. The zero-order valence-corrected chi connectivity index (χ0v) is 18.3. The van der Waals surface area contributed by atoms with Crippen molar-refractivity contribution in [2.75, 3.05) is 20.2 Å². The monoisotopic (exact) mass is 449 g/mol. The summed E-state index contributed by atoms with van der Waals surface area (Å²) in [7, 11) is 1.60. The number of carbonyl (C=O) groups excluding carboxylic acids is 2. The van der Waals surface area contributed by atoms with Gasteiger partial charge in [0.1, 0.15) is 11.8 Å². The minimum atomic E-state index is -2.74. The Bertz CT molecular complexity index is 972. The lowest BCUT2D eigenvalue weighted by molar-refractivity contribution is -0.150. The molecule has 2 amide bonds. The van der Waals surface area contributed by atoms with E-state index < -0.39 is 36.5 Å². The number of alkyl halides is 2. The summed E-state index contributed by atoms with van der Waals surface area (Å²) < 4.78 is 31.4. The lowest BCUT2D eigenvalue weighted by Crippen LogP contribution is -2.48. The van der Waals surface area contributed by atoms with Crippen LogP contribution in [-0.2, 0) is 16.0 Å². The molecule has 1 saturated carbocycles. The molecule has 1 fully saturated rings. The molecule has 9 heteroatoms. The summed E-state index contributed by atoms with van der Waals surface area (Å²) in [5.74, 6) is -3.72. The summed E-state index contributed by atoms with van der Waals surface area (Å²) in [6.07, 6.45) is -0.113. The maximum absolute atomic E-state index is 13.3. The fourth-order valence-corrected chi connectivity index (χ4v) is 4.98. The number of nitrogens with zero attached hydrogens (tertiary/aromatic N) is 2. The van der Waals surface area contributed by atoms with Crippen molar-refractivity contribution in [2.24, 2.45) is 11.8 Å². The molecule has 2 atom stereocenters. The summed E-state index contributed by atoms with van der Waals surface area (Å²) >= 11 is 1.58. The number of amides is 2. The number of hydrogen-bond acceptors (Lipinski definition) is 5. The first-order valence-corrected chi connectivity index (χ1v) is 11.2. The van der Waals surface area contributed by atoms with Crippen molar-refractivity contribution in [3.8, 4) is 5.75 Å². The average molecular weight is 450 g/mol. The van der Waals surface area contributed by atoms with Crippen LogP contribution in [0.25, 0.3) is 0 Å². The van der Waals surface area contributed by atoms with Crippen molar-refractivity contribution in [1.29, 1.82) is 0 Å². The van der Waals surface area contributed by atoms with E-state index in [-0.39, 0.29) is 18.5 Å². The number of nitrogens with one attached hydrogen (secondary N) is 1. The van der Waals surface area contributed by atoms with E-state index in [0.29, 0.717) is 12.3 Å². The normalized spacial score (nSPS) is 21.0.